The van der Waals surface area contributed by atoms with E-state index in [2.05, 4.69) is 0 Å². The minimum atomic E-state index is -0.230. The summed E-state index contributed by atoms with van der Waals surface area (Å²) in [7, 11) is 1.56. The molecule has 3 aliphatic rings. The molecule has 8 heteroatoms. The third kappa shape index (κ3) is 4.08. The van der Waals surface area contributed by atoms with Crippen molar-refractivity contribution in [2.45, 2.75) is 31.7 Å². The van der Waals surface area contributed by atoms with Crippen molar-refractivity contribution >= 4 is 17.9 Å². The van der Waals surface area contributed by atoms with Crippen molar-refractivity contribution in [3.63, 3.8) is 0 Å². The molecule has 0 aliphatic carbocycles. The molecule has 0 atom stereocenters. The Bertz CT molecular complexity index is 798. The van der Waals surface area contributed by atoms with Gasteiger partial charge in [0.1, 0.15) is 12.4 Å². The summed E-state index contributed by atoms with van der Waals surface area (Å²) in [5.41, 5.74) is 0.562. The number of carbonyl (C=O) groups is 3. The summed E-state index contributed by atoms with van der Waals surface area (Å²) in [6, 6.07) is 7.41. The van der Waals surface area contributed by atoms with Crippen LogP contribution in [0.4, 0.5) is 4.79 Å². The van der Waals surface area contributed by atoms with Crippen molar-refractivity contribution in [3.8, 4) is 5.75 Å². The Labute approximate surface area is 176 Å². The first-order chi connectivity index (χ1) is 14.6. The van der Waals surface area contributed by atoms with E-state index in [1.165, 1.54) is 0 Å². The Hall–Kier alpha value is -2.77. The number of hydrogen-bond acceptors (Lipinski definition) is 5. The molecule has 0 radical (unpaired) electrons. The van der Waals surface area contributed by atoms with Gasteiger partial charge in [0.05, 0.1) is 19.2 Å². The van der Waals surface area contributed by atoms with Gasteiger partial charge in [-0.3, -0.25) is 9.59 Å². The van der Waals surface area contributed by atoms with Crippen molar-refractivity contribution in [1.29, 1.82) is 0 Å². The molecule has 3 heterocycles. The molecule has 3 fully saturated rings. The topological polar surface area (TPSA) is 79.4 Å². The average molecular weight is 415 g/mol. The van der Waals surface area contributed by atoms with Crippen LogP contribution in [-0.4, -0.2) is 85.1 Å². The molecule has 162 valence electrons. The summed E-state index contributed by atoms with van der Waals surface area (Å²) in [6.07, 6.45) is 2.72. The molecule has 3 aliphatic heterocycles. The van der Waals surface area contributed by atoms with Gasteiger partial charge in [-0.1, -0.05) is 12.1 Å². The zero-order valence-corrected chi connectivity index (χ0v) is 17.4. The maximum atomic E-state index is 13.0. The van der Waals surface area contributed by atoms with E-state index in [9.17, 15) is 14.4 Å². The first-order valence-electron chi connectivity index (χ1n) is 10.7. The number of carbonyl (C=O) groups excluding carboxylic acids is 3. The lowest BCUT2D eigenvalue weighted by molar-refractivity contribution is -0.138. The fraction of sp³-hybridized carbons (Fsp3) is 0.591. The number of cyclic esters (lactones) is 1. The number of likely N-dealkylation sites (tertiary alicyclic amines) is 2. The summed E-state index contributed by atoms with van der Waals surface area (Å²) in [6.45, 7) is 3.61. The number of ether oxygens (including phenoxy) is 2. The van der Waals surface area contributed by atoms with E-state index in [0.29, 0.717) is 63.5 Å². The van der Waals surface area contributed by atoms with E-state index in [0.717, 1.165) is 12.8 Å². The van der Waals surface area contributed by atoms with Crippen molar-refractivity contribution in [2.24, 2.45) is 5.92 Å². The van der Waals surface area contributed by atoms with Gasteiger partial charge in [0, 0.05) is 38.1 Å². The number of benzene rings is 1. The van der Waals surface area contributed by atoms with E-state index in [-0.39, 0.29) is 29.9 Å². The highest BCUT2D eigenvalue weighted by Gasteiger charge is 2.36. The number of methoxy groups -OCH3 is 1. The summed E-state index contributed by atoms with van der Waals surface area (Å²) in [5.74, 6) is 0.670. The molecule has 30 heavy (non-hydrogen) atoms. The second kappa shape index (κ2) is 8.93. The number of para-hydroxylation sites is 1. The van der Waals surface area contributed by atoms with Gasteiger partial charge in [-0.2, -0.15) is 0 Å². The third-order valence-electron chi connectivity index (χ3n) is 6.48. The molecule has 0 spiro atoms. The number of nitrogens with zero attached hydrogens (tertiary/aromatic N) is 3. The van der Waals surface area contributed by atoms with Crippen LogP contribution in [0.2, 0.25) is 0 Å². The molecule has 0 N–H and O–H groups in total. The molecule has 3 saturated heterocycles. The zero-order valence-electron chi connectivity index (χ0n) is 17.4. The molecular formula is C22H29N3O5. The quantitative estimate of drug-likeness (QED) is 0.752. The number of amides is 3. The van der Waals surface area contributed by atoms with Gasteiger partial charge in [0.2, 0.25) is 5.91 Å². The molecule has 0 aromatic heterocycles. The lowest BCUT2D eigenvalue weighted by Crippen LogP contribution is -2.50. The maximum Gasteiger partial charge on any atom is 0.410 e. The van der Waals surface area contributed by atoms with E-state index in [4.69, 9.17) is 9.47 Å². The smallest absolute Gasteiger partial charge is 0.410 e. The number of piperidine rings is 2. The Kier molecular flexibility index (Phi) is 6.11. The van der Waals surface area contributed by atoms with Crippen LogP contribution in [0.1, 0.15) is 36.0 Å². The number of hydrogen-bond donors (Lipinski definition) is 0. The van der Waals surface area contributed by atoms with Crippen molar-refractivity contribution in [1.82, 2.24) is 14.7 Å². The minimum Gasteiger partial charge on any atom is -0.496 e. The van der Waals surface area contributed by atoms with Crippen LogP contribution < -0.4 is 4.74 Å². The van der Waals surface area contributed by atoms with Crippen molar-refractivity contribution in [3.05, 3.63) is 29.8 Å². The molecule has 4 rings (SSSR count). The molecule has 0 unspecified atom stereocenters. The van der Waals surface area contributed by atoms with Gasteiger partial charge in [-0.05, 0) is 37.8 Å². The van der Waals surface area contributed by atoms with Gasteiger partial charge in [0.25, 0.3) is 5.91 Å². The van der Waals surface area contributed by atoms with Crippen molar-refractivity contribution in [2.75, 3.05) is 46.4 Å². The van der Waals surface area contributed by atoms with Gasteiger partial charge in [-0.15, -0.1) is 0 Å². The van der Waals surface area contributed by atoms with Crippen LogP contribution in [0.5, 0.6) is 5.75 Å². The Morgan fingerprint density at radius 1 is 0.967 bits per heavy atom. The van der Waals surface area contributed by atoms with Crippen LogP contribution in [0.3, 0.4) is 0 Å². The molecule has 0 bridgehead atoms. The summed E-state index contributed by atoms with van der Waals surface area (Å²) in [5, 5.41) is 0. The predicted molar refractivity (Wildman–Crippen MR) is 109 cm³/mol. The number of rotatable bonds is 4. The van der Waals surface area contributed by atoms with Gasteiger partial charge >= 0.3 is 6.09 Å². The minimum absolute atomic E-state index is 0.0416. The van der Waals surface area contributed by atoms with E-state index >= 15 is 0 Å². The second-order valence-corrected chi connectivity index (χ2v) is 8.13. The standard InChI is InChI=1S/C22H29N3O5/c1-29-19-5-3-2-4-18(19)21(27)24-10-6-16(7-11-24)20(26)23-12-8-17(9-13-23)25-14-15-30-22(25)28/h2-5,16-17H,6-15H2,1H3. The lowest BCUT2D eigenvalue weighted by atomic mass is 9.93. The molecule has 0 saturated carbocycles. The molecular weight excluding hydrogens is 386 g/mol. The van der Waals surface area contributed by atoms with Crippen molar-refractivity contribution < 1.29 is 23.9 Å². The average Bonchev–Trinajstić information content (AvgIpc) is 3.24. The van der Waals surface area contributed by atoms with Gasteiger partial charge in [-0.25, -0.2) is 4.79 Å². The fourth-order valence-electron chi connectivity index (χ4n) is 4.71. The third-order valence-corrected chi connectivity index (χ3v) is 6.48. The van der Waals surface area contributed by atoms with Crippen LogP contribution in [-0.2, 0) is 9.53 Å². The highest BCUT2D eigenvalue weighted by atomic mass is 16.6. The first kappa shape index (κ1) is 20.5. The maximum absolute atomic E-state index is 13.0. The van der Waals surface area contributed by atoms with E-state index in [1.54, 1.807) is 24.1 Å². The second-order valence-electron chi connectivity index (χ2n) is 8.13. The summed E-state index contributed by atoms with van der Waals surface area (Å²) in [4.78, 5) is 43.1. The fourth-order valence-corrected chi connectivity index (χ4v) is 4.71. The molecule has 1 aromatic carbocycles. The van der Waals surface area contributed by atoms with Gasteiger partial charge < -0.3 is 24.2 Å². The first-order valence-corrected chi connectivity index (χ1v) is 10.7. The SMILES string of the molecule is COc1ccccc1C(=O)N1CCC(C(=O)N2CCC(N3CCOC3=O)CC2)CC1. The normalized spacial score (nSPS) is 21.0. The molecule has 8 nitrogen and oxygen atoms in total. The Morgan fingerprint density at radius 3 is 2.27 bits per heavy atom. The van der Waals surface area contributed by atoms with Crippen LogP contribution in [0.25, 0.3) is 0 Å². The Morgan fingerprint density at radius 2 is 1.63 bits per heavy atom. The van der Waals surface area contributed by atoms with Crippen LogP contribution >= 0.6 is 0 Å². The van der Waals surface area contributed by atoms with E-state index < -0.39 is 0 Å². The molecule has 1 aromatic rings. The van der Waals surface area contributed by atoms with Gasteiger partial charge in [0.15, 0.2) is 0 Å². The predicted octanol–water partition coefficient (Wildman–Crippen LogP) is 1.99. The lowest BCUT2D eigenvalue weighted by Gasteiger charge is -2.39. The monoisotopic (exact) mass is 415 g/mol. The van der Waals surface area contributed by atoms with Crippen LogP contribution in [0, 0.1) is 5.92 Å². The molecule has 3 amide bonds. The Balaban J connectivity index is 1.27. The van der Waals surface area contributed by atoms with Crippen LogP contribution in [0.15, 0.2) is 24.3 Å². The summed E-state index contributed by atoms with van der Waals surface area (Å²) < 4.78 is 10.3. The summed E-state index contributed by atoms with van der Waals surface area (Å²) >= 11 is 0. The highest BCUT2D eigenvalue weighted by molar-refractivity contribution is 5.97. The highest BCUT2D eigenvalue weighted by Crippen LogP contribution is 2.27. The van der Waals surface area contributed by atoms with E-state index in [1.807, 2.05) is 21.9 Å². The largest absolute Gasteiger partial charge is 0.496 e. The zero-order chi connectivity index (χ0) is 21.1.